The second kappa shape index (κ2) is 9.70. The van der Waals surface area contributed by atoms with Gasteiger partial charge in [0.25, 0.3) is 11.9 Å². The van der Waals surface area contributed by atoms with Crippen molar-refractivity contribution in [1.82, 2.24) is 9.97 Å². The van der Waals surface area contributed by atoms with Crippen LogP contribution in [-0.4, -0.2) is 37.9 Å². The van der Waals surface area contributed by atoms with Crippen molar-refractivity contribution in [3.63, 3.8) is 0 Å². The predicted molar refractivity (Wildman–Crippen MR) is 77.9 cm³/mol. The van der Waals surface area contributed by atoms with Gasteiger partial charge in [0.2, 0.25) is 5.78 Å². The summed E-state index contributed by atoms with van der Waals surface area (Å²) in [7, 11) is 0. The summed E-state index contributed by atoms with van der Waals surface area (Å²) >= 11 is 0. The molecule has 0 aliphatic carbocycles. The number of aliphatic carboxylic acids is 2. The maximum atomic E-state index is 11.7. The highest BCUT2D eigenvalue weighted by molar-refractivity contribution is 6.07. The molecule has 2 rings (SSSR count). The van der Waals surface area contributed by atoms with Crippen LogP contribution in [0, 0.1) is 0 Å². The van der Waals surface area contributed by atoms with Gasteiger partial charge in [0, 0.05) is 25.6 Å². The minimum absolute atomic E-state index is 0.191. The van der Waals surface area contributed by atoms with Gasteiger partial charge in [0.1, 0.15) is 5.69 Å². The van der Waals surface area contributed by atoms with Crippen molar-refractivity contribution < 1.29 is 24.6 Å². The fourth-order valence-electron chi connectivity index (χ4n) is 1.20. The average molecular weight is 308 g/mol. The molecule has 0 aliphatic rings. The van der Waals surface area contributed by atoms with Gasteiger partial charge in [-0.3, -0.25) is 14.4 Å². The summed E-state index contributed by atoms with van der Waals surface area (Å²) in [4.78, 5) is 45.2. The number of hydrogen-bond donors (Lipinski definition) is 4. The Bertz CT molecular complexity index is 652. The second-order valence-corrected chi connectivity index (χ2v) is 3.89. The van der Waals surface area contributed by atoms with Gasteiger partial charge in [-0.15, -0.1) is 0 Å². The molecule has 0 saturated heterocycles. The van der Waals surface area contributed by atoms with Crippen LogP contribution in [0.15, 0.2) is 41.3 Å². The number of carbonyl (C=O) groups excluding carboxylic acids is 1. The third-order valence-corrected chi connectivity index (χ3v) is 1.88. The number of H-pyrrole nitrogens is 2. The van der Waals surface area contributed by atoms with Crippen LogP contribution in [0.3, 0.4) is 0 Å². The Morgan fingerprint density at radius 1 is 0.955 bits per heavy atom. The third kappa shape index (κ3) is 8.86. The van der Waals surface area contributed by atoms with E-state index < -0.39 is 11.9 Å². The summed E-state index contributed by atoms with van der Waals surface area (Å²) in [5, 5.41) is 14.8. The van der Waals surface area contributed by atoms with Gasteiger partial charge in [-0.1, -0.05) is 30.3 Å². The number of rotatable bonds is 2. The highest BCUT2D eigenvalue weighted by Gasteiger charge is 2.09. The van der Waals surface area contributed by atoms with Crippen LogP contribution < -0.4 is 5.69 Å². The third-order valence-electron chi connectivity index (χ3n) is 1.88. The number of carbonyl (C=O) groups is 3. The van der Waals surface area contributed by atoms with Gasteiger partial charge < -0.3 is 20.2 Å². The number of aromatic nitrogens is 2. The Labute approximate surface area is 125 Å². The molecule has 2 aromatic rings. The smallest absolute Gasteiger partial charge is 0.323 e. The van der Waals surface area contributed by atoms with Crippen molar-refractivity contribution in [2.45, 2.75) is 13.8 Å². The molecule has 1 aromatic carbocycles. The number of carboxylic acid groups (broad SMARTS) is 2. The lowest BCUT2D eigenvalue weighted by molar-refractivity contribution is -0.135. The van der Waals surface area contributed by atoms with Gasteiger partial charge >= 0.3 is 5.69 Å². The highest BCUT2D eigenvalue weighted by Crippen LogP contribution is 2.04. The summed E-state index contributed by atoms with van der Waals surface area (Å²) in [5.74, 6) is -1.86. The molecule has 0 aliphatic heterocycles. The minimum Gasteiger partial charge on any atom is -0.481 e. The minimum atomic E-state index is -0.833. The van der Waals surface area contributed by atoms with E-state index in [-0.39, 0.29) is 17.2 Å². The number of imidazole rings is 1. The average Bonchev–Trinajstić information content (AvgIpc) is 2.84. The molecule has 0 bridgehead atoms. The van der Waals surface area contributed by atoms with Crippen molar-refractivity contribution >= 4 is 17.7 Å². The number of carboxylic acids is 2. The van der Waals surface area contributed by atoms with Crippen LogP contribution in [-0.2, 0) is 9.59 Å². The first-order valence-corrected chi connectivity index (χ1v) is 6.00. The molecular weight excluding hydrogens is 292 g/mol. The van der Waals surface area contributed by atoms with Crippen LogP contribution in [0.2, 0.25) is 0 Å². The molecule has 0 unspecified atom stereocenters. The number of hydrogen-bond acceptors (Lipinski definition) is 4. The van der Waals surface area contributed by atoms with Gasteiger partial charge in [0.05, 0.1) is 0 Å². The largest absolute Gasteiger partial charge is 0.481 e. The van der Waals surface area contributed by atoms with Crippen LogP contribution >= 0.6 is 0 Å². The molecule has 118 valence electrons. The second-order valence-electron chi connectivity index (χ2n) is 3.89. The Morgan fingerprint density at radius 2 is 1.41 bits per heavy atom. The van der Waals surface area contributed by atoms with Crippen molar-refractivity contribution in [2.24, 2.45) is 0 Å². The first-order chi connectivity index (χ1) is 10.2. The van der Waals surface area contributed by atoms with E-state index in [1.165, 1.54) is 6.20 Å². The van der Waals surface area contributed by atoms with E-state index in [2.05, 4.69) is 9.97 Å². The number of aromatic amines is 2. The Kier molecular flexibility index (Phi) is 8.31. The molecule has 0 spiro atoms. The van der Waals surface area contributed by atoms with Crippen LogP contribution in [0.4, 0.5) is 0 Å². The molecule has 0 atom stereocenters. The van der Waals surface area contributed by atoms with E-state index in [4.69, 9.17) is 19.8 Å². The molecule has 0 fully saturated rings. The molecular formula is C14H16N2O6. The maximum absolute atomic E-state index is 11.7. The molecule has 4 N–H and O–H groups in total. The highest BCUT2D eigenvalue weighted by atomic mass is 16.4. The van der Waals surface area contributed by atoms with Crippen molar-refractivity contribution in [2.75, 3.05) is 0 Å². The maximum Gasteiger partial charge on any atom is 0.323 e. The summed E-state index contributed by atoms with van der Waals surface area (Å²) in [6.45, 7) is 2.17. The molecule has 0 saturated carbocycles. The fourth-order valence-corrected chi connectivity index (χ4v) is 1.20. The van der Waals surface area contributed by atoms with Crippen LogP contribution in [0.1, 0.15) is 29.9 Å². The topological polar surface area (TPSA) is 140 Å². The summed E-state index contributed by atoms with van der Waals surface area (Å²) in [6.07, 6.45) is 1.37. The van der Waals surface area contributed by atoms with Crippen LogP contribution in [0.25, 0.3) is 0 Å². The fraction of sp³-hybridized carbons (Fsp3) is 0.143. The van der Waals surface area contributed by atoms with Gasteiger partial charge in [0.15, 0.2) is 0 Å². The zero-order valence-corrected chi connectivity index (χ0v) is 12.0. The predicted octanol–water partition coefficient (Wildman–Crippen LogP) is 1.12. The summed E-state index contributed by atoms with van der Waals surface area (Å²) < 4.78 is 0. The van der Waals surface area contributed by atoms with Gasteiger partial charge in [-0.2, -0.15) is 0 Å². The lowest BCUT2D eigenvalue weighted by Gasteiger charge is -1.95. The summed E-state index contributed by atoms with van der Waals surface area (Å²) in [6, 6.07) is 8.79. The number of ketones is 1. The molecule has 0 radical (unpaired) electrons. The molecule has 1 heterocycles. The lowest BCUT2D eigenvalue weighted by Crippen LogP contribution is -2.06. The zero-order chi connectivity index (χ0) is 17.1. The molecule has 0 amide bonds. The molecule has 1 aromatic heterocycles. The van der Waals surface area contributed by atoms with E-state index in [0.29, 0.717) is 5.56 Å². The Hall–Kier alpha value is -3.16. The Balaban J connectivity index is 0.000000464. The Morgan fingerprint density at radius 3 is 1.77 bits per heavy atom. The number of benzene rings is 1. The van der Waals surface area contributed by atoms with Gasteiger partial charge in [-0.25, -0.2) is 4.79 Å². The van der Waals surface area contributed by atoms with E-state index in [0.717, 1.165) is 13.8 Å². The van der Waals surface area contributed by atoms with Crippen molar-refractivity contribution in [3.05, 3.63) is 58.3 Å². The zero-order valence-electron chi connectivity index (χ0n) is 12.0. The standard InChI is InChI=1S/C10H8N2O2.2C2H4O2/c13-9(7-4-2-1-3-5-7)8-6-11-10(14)12-8;2*1-2(3)4/h1-6H,(H2,11,12,14);2*1H3,(H,3,4). The first kappa shape index (κ1) is 18.8. The van der Waals surface area contributed by atoms with E-state index >= 15 is 0 Å². The molecule has 8 heteroatoms. The SMILES string of the molecule is CC(=O)O.CC(=O)O.O=C(c1ccccc1)c1c[nH]c(=O)[nH]1. The number of nitrogens with one attached hydrogen (secondary N) is 2. The first-order valence-electron chi connectivity index (χ1n) is 6.00. The summed E-state index contributed by atoms with van der Waals surface area (Å²) in [5.41, 5.74) is 0.466. The van der Waals surface area contributed by atoms with E-state index in [9.17, 15) is 9.59 Å². The molecule has 8 nitrogen and oxygen atoms in total. The van der Waals surface area contributed by atoms with E-state index in [1.807, 2.05) is 6.07 Å². The quantitative estimate of drug-likeness (QED) is 0.613. The van der Waals surface area contributed by atoms with Gasteiger partial charge in [-0.05, 0) is 0 Å². The normalized spacial score (nSPS) is 8.64. The van der Waals surface area contributed by atoms with E-state index in [1.54, 1.807) is 24.3 Å². The lowest BCUT2D eigenvalue weighted by atomic mass is 10.1. The van der Waals surface area contributed by atoms with Crippen molar-refractivity contribution in [1.29, 1.82) is 0 Å². The monoisotopic (exact) mass is 308 g/mol. The molecule has 22 heavy (non-hydrogen) atoms. The van der Waals surface area contributed by atoms with Crippen LogP contribution in [0.5, 0.6) is 0 Å². The van der Waals surface area contributed by atoms with Crippen molar-refractivity contribution in [3.8, 4) is 0 Å².